The molecule has 2 aliphatic rings. The van der Waals surface area contributed by atoms with Gasteiger partial charge in [-0.05, 0) is 162 Å². The summed E-state index contributed by atoms with van der Waals surface area (Å²) < 4.78 is 35.1. The van der Waals surface area contributed by atoms with Gasteiger partial charge in [0.1, 0.15) is 11.6 Å². The van der Waals surface area contributed by atoms with Crippen molar-refractivity contribution in [2.24, 2.45) is 70.9 Å². The second-order valence-electron chi connectivity index (χ2n) is 35.1. The van der Waals surface area contributed by atoms with Crippen LogP contribution in [0.3, 0.4) is 0 Å². The van der Waals surface area contributed by atoms with Gasteiger partial charge in [0.25, 0.3) is 0 Å². The lowest BCUT2D eigenvalue weighted by molar-refractivity contribution is 0.0710. The maximum Gasteiger partial charge on any atom is 0.321 e. The minimum atomic E-state index is -0.465. The summed E-state index contributed by atoms with van der Waals surface area (Å²) >= 11 is 7.47. The summed E-state index contributed by atoms with van der Waals surface area (Å²) in [5.41, 5.74) is 36.6. The standard InChI is InChI=1S/C27H33N5O2.C23H26N4O4.C22H22ClFN4OS.C20H26N4O2.C18H24N4O2/c1-34-25-12-5-3-8-23(25)19-32-15-13-20(14-16-32)17-30-27(33)31-26(28)29-18-22-10-6-9-21-7-2-4-11-24(21)22;1-29-19-11-15(12-20(30-2)21(19)31-3)13-26-23(28)27-22(24)25-14-17-9-6-8-16-7-4-5-10-18(16)17;23-19-9-4-10-20(24)18(19)14-30-12-11-26-22(29)28-21(25)27-13-16-7-3-6-15-5-1-2-8-17(15)16;21-19(24-20(26)23-13-16-7-2-4-11-18(16)25)22-12-15-9-5-8-14-6-1-3-10-17(14)15;1-18(2,12-23)11-21-17(24)22-16(19)20-10-14-8-5-7-13-6-3-4-9-15(13)14/h2-12,20H,13-19H2,1H3,(H4,28,29,30,31,33);4-12H,13-14H2,1-3H3,(H4,24,25,26,27,28);1-10H,11-14H2,(H4,25,26,27,28,29);1,3,5-6,8-10,16,18,25H,2,4,7,11-13H2,(H4,21,22,23,24,26);3-9,23H,10-12H2,1-2H3,(H4,19,20,21,22,24)/t;;;16-,18+;/m...0./s1. The molecule has 13 aromatic carbocycles. The Labute approximate surface area is 853 Å². The zero-order chi connectivity index (χ0) is 103. The third-order valence-electron chi connectivity index (χ3n) is 24.1. The van der Waals surface area contributed by atoms with E-state index in [9.17, 15) is 33.5 Å². The Morgan fingerprint density at radius 2 is 0.779 bits per heavy atom. The Balaban J connectivity index is 0.000000173. The number of likely N-dealkylation sites (tertiary alicyclic amines) is 1. The van der Waals surface area contributed by atoms with Crippen molar-refractivity contribution in [3.8, 4) is 23.0 Å². The quantitative estimate of drug-likeness (QED) is 0.0113. The number of carbonyl (C=O) groups is 5. The maximum absolute atomic E-state index is 13.7. The van der Waals surface area contributed by atoms with Gasteiger partial charge in [0.2, 0.25) is 5.75 Å². The molecule has 0 radical (unpaired) electrons. The number of rotatable bonds is 30. The number of ether oxygens (including phenoxy) is 4. The van der Waals surface area contributed by atoms with Gasteiger partial charge in [-0.25, -0.2) is 53.3 Å². The first-order chi connectivity index (χ1) is 70.3. The first-order valence-corrected chi connectivity index (χ1v) is 49.3. The molecule has 145 heavy (non-hydrogen) atoms. The van der Waals surface area contributed by atoms with Crippen LogP contribution in [0.4, 0.5) is 28.4 Å². The predicted octanol–water partition coefficient (Wildman–Crippen LogP) is 16.2. The van der Waals surface area contributed by atoms with Crippen LogP contribution in [0.25, 0.3) is 53.9 Å². The zero-order valence-corrected chi connectivity index (χ0v) is 84.1. The lowest BCUT2D eigenvalue weighted by Crippen LogP contribution is -2.46. The monoisotopic (exact) mass is 2010 g/mol. The number of nitrogens with zero attached hydrogens (tertiary/aromatic N) is 6. The molecule has 0 aromatic heterocycles. The molecule has 1 aliphatic carbocycles. The second kappa shape index (κ2) is 57.6. The summed E-state index contributed by atoms with van der Waals surface area (Å²) in [5, 5.41) is 57.4. The number of nitrogens with two attached hydrogens (primary N) is 5. The number of para-hydroxylation sites is 1. The number of carbonyl (C=O) groups excluding carboxylic acids is 5. The molecule has 22 N–H and O–H groups in total. The number of aliphatic imine (C=N–C) groups is 5. The molecule has 10 amide bonds. The van der Waals surface area contributed by atoms with Crippen LogP contribution in [0, 0.1) is 23.1 Å². The highest BCUT2D eigenvalue weighted by atomic mass is 35.5. The Hall–Kier alpha value is -15.5. The summed E-state index contributed by atoms with van der Waals surface area (Å²) in [5.74, 6) is 4.07. The van der Waals surface area contributed by atoms with Crippen LogP contribution < -0.4 is 101 Å². The van der Waals surface area contributed by atoms with Gasteiger partial charge in [-0.15, -0.1) is 0 Å². The van der Waals surface area contributed by atoms with Crippen LogP contribution >= 0.6 is 23.4 Å². The molecule has 13 aromatic rings. The van der Waals surface area contributed by atoms with Crippen LogP contribution in [0.5, 0.6) is 23.0 Å². The van der Waals surface area contributed by atoms with E-state index >= 15 is 0 Å². The van der Waals surface area contributed by atoms with Gasteiger partial charge in [-0.1, -0.05) is 275 Å². The molecule has 0 spiro atoms. The third-order valence-corrected chi connectivity index (χ3v) is 25.5. The fourth-order valence-electron chi connectivity index (χ4n) is 16.2. The Kier molecular flexibility index (Phi) is 43.6. The van der Waals surface area contributed by atoms with E-state index in [1.165, 1.54) is 44.7 Å². The number of urea groups is 5. The molecule has 762 valence electrons. The first kappa shape index (κ1) is 110. The van der Waals surface area contributed by atoms with Gasteiger partial charge in [-0.2, -0.15) is 11.8 Å². The van der Waals surface area contributed by atoms with Crippen molar-refractivity contribution in [3.05, 3.63) is 322 Å². The topological polar surface area (TPSA) is 478 Å². The number of thioether (sulfide) groups is 1. The second-order valence-corrected chi connectivity index (χ2v) is 36.6. The number of fused-ring (bicyclic) bond motifs is 5. The fourth-order valence-corrected chi connectivity index (χ4v) is 17.4. The number of piperidine rings is 1. The highest BCUT2D eigenvalue weighted by molar-refractivity contribution is 7.98. The molecular formula is C110H131ClFN21O11S. The predicted molar refractivity (Wildman–Crippen MR) is 581 cm³/mol. The number of aliphatic hydroxyl groups is 2. The van der Waals surface area contributed by atoms with E-state index in [4.69, 9.17) is 64.3 Å². The highest BCUT2D eigenvalue weighted by Gasteiger charge is 2.26. The number of guanidine groups is 5. The molecule has 1 saturated heterocycles. The SMILES string of the molecule is CC(C)(CO)CNC(=O)NC(N)=NCc1cccc2ccccc12.COc1cc(CNC(=O)NC(N)=NCc2cccc3ccccc23)cc(OC)c1OC.COc1ccccc1CN1CCC(CNC(=O)NC(N)=NCc2cccc3ccccc23)CC1.NC(=NCc1cccc2ccccc12)NC(=O)NCCSCc1c(F)cccc1Cl.NC(=NCc1cccc2ccccc12)NC(=O)NC[C@@H]1CCCC[C@H]1O. The average molecular weight is 2010 g/mol. The number of methoxy groups -OCH3 is 4. The normalized spacial score (nSPS) is 14.1. The Bertz CT molecular complexity index is 6580. The number of hydrogen-bond acceptors (Lipinski definition) is 18. The first-order valence-electron chi connectivity index (χ1n) is 47.8. The van der Waals surface area contributed by atoms with Crippen molar-refractivity contribution >= 4 is 137 Å². The van der Waals surface area contributed by atoms with Crippen molar-refractivity contribution in [1.29, 1.82) is 0 Å². The smallest absolute Gasteiger partial charge is 0.321 e. The van der Waals surface area contributed by atoms with Gasteiger partial charge >= 0.3 is 30.2 Å². The van der Waals surface area contributed by atoms with Gasteiger partial charge < -0.3 is 84.4 Å². The van der Waals surface area contributed by atoms with Crippen molar-refractivity contribution in [2.75, 3.05) is 80.1 Å². The van der Waals surface area contributed by atoms with Crippen LogP contribution in [-0.2, 0) is 51.6 Å². The largest absolute Gasteiger partial charge is 0.496 e. The molecule has 0 unspecified atom stereocenters. The molecule has 1 heterocycles. The molecule has 32 nitrogen and oxygen atoms in total. The minimum absolute atomic E-state index is 0.0159. The van der Waals surface area contributed by atoms with Gasteiger partial charge in [0.05, 0.1) is 67.3 Å². The molecule has 0 bridgehead atoms. The van der Waals surface area contributed by atoms with Crippen LogP contribution in [0.15, 0.2) is 292 Å². The van der Waals surface area contributed by atoms with E-state index in [1.54, 1.807) is 31.4 Å². The van der Waals surface area contributed by atoms with Crippen molar-refractivity contribution in [1.82, 2.24) is 58.1 Å². The summed E-state index contributed by atoms with van der Waals surface area (Å²) in [6.45, 7) is 10.6. The third kappa shape index (κ3) is 35.6. The lowest BCUT2D eigenvalue weighted by Gasteiger charge is -2.32. The highest BCUT2D eigenvalue weighted by Crippen LogP contribution is 2.39. The Morgan fingerprint density at radius 1 is 0.428 bits per heavy atom. The summed E-state index contributed by atoms with van der Waals surface area (Å²) in [7, 11) is 6.32. The van der Waals surface area contributed by atoms with E-state index in [0.29, 0.717) is 104 Å². The van der Waals surface area contributed by atoms with E-state index in [0.717, 1.165) is 151 Å². The minimum Gasteiger partial charge on any atom is -0.496 e. The van der Waals surface area contributed by atoms with Crippen molar-refractivity contribution in [2.45, 2.75) is 110 Å². The van der Waals surface area contributed by atoms with E-state index in [-0.39, 0.29) is 78.3 Å². The van der Waals surface area contributed by atoms with E-state index in [1.807, 2.05) is 214 Å². The molecular weight excluding hydrogens is 1880 g/mol. The number of amides is 10. The van der Waals surface area contributed by atoms with Crippen LogP contribution in [0.1, 0.15) is 96.9 Å². The molecule has 35 heteroatoms. The van der Waals surface area contributed by atoms with E-state index < -0.39 is 18.1 Å². The molecule has 15 rings (SSSR count). The Morgan fingerprint density at radius 3 is 1.17 bits per heavy atom. The summed E-state index contributed by atoms with van der Waals surface area (Å²) in [4.78, 5) is 84.0. The number of aliphatic hydroxyl groups excluding tert-OH is 2. The number of nitrogens with one attached hydrogen (secondary N) is 10. The molecule has 2 atom stereocenters. The molecule has 2 fully saturated rings. The van der Waals surface area contributed by atoms with Crippen molar-refractivity contribution in [3.63, 3.8) is 0 Å². The summed E-state index contributed by atoms with van der Waals surface area (Å²) in [6, 6.07) is 84.8. The number of benzene rings is 13. The van der Waals surface area contributed by atoms with Gasteiger partial charge in [0, 0.05) is 84.9 Å². The molecule has 1 aliphatic heterocycles. The van der Waals surface area contributed by atoms with Gasteiger partial charge in [0.15, 0.2) is 41.3 Å². The van der Waals surface area contributed by atoms with Crippen molar-refractivity contribution < 1.29 is 57.5 Å². The van der Waals surface area contributed by atoms with E-state index in [2.05, 4.69) is 119 Å². The zero-order valence-electron chi connectivity index (χ0n) is 82.5. The fraction of sp³-hybridized carbons (Fsp3) is 0.291. The average Bonchev–Trinajstić information content (AvgIpc) is 0.843. The van der Waals surface area contributed by atoms with Crippen LogP contribution in [0.2, 0.25) is 5.02 Å². The lowest BCUT2D eigenvalue weighted by atomic mass is 9.86. The summed E-state index contributed by atoms with van der Waals surface area (Å²) in [6.07, 6.45) is 5.65. The number of hydrogen-bond donors (Lipinski definition) is 17. The maximum atomic E-state index is 13.7. The number of halogens is 2. The van der Waals surface area contributed by atoms with Gasteiger partial charge in [-0.3, -0.25) is 31.5 Å². The molecule has 1 saturated carbocycles. The van der Waals surface area contributed by atoms with Crippen LogP contribution in [-0.4, -0.2) is 161 Å².